The number of nitrogens with zero attached hydrogens (tertiary/aromatic N) is 3. The van der Waals surface area contributed by atoms with E-state index in [2.05, 4.69) is 20.2 Å². The molecule has 1 N–H and O–H groups in total. The Morgan fingerprint density at radius 3 is 2.54 bits per heavy atom. The van der Waals surface area contributed by atoms with Crippen molar-refractivity contribution in [3.8, 4) is 11.4 Å². The summed E-state index contributed by atoms with van der Waals surface area (Å²) in [6, 6.07) is 13.6. The molecular weight excluding hydrogens is 446 g/mol. The summed E-state index contributed by atoms with van der Waals surface area (Å²) in [5, 5.41) is 2.82. The molecule has 0 bridgehead atoms. The van der Waals surface area contributed by atoms with Crippen molar-refractivity contribution in [1.82, 2.24) is 20.2 Å². The van der Waals surface area contributed by atoms with E-state index in [1.54, 1.807) is 31.4 Å². The van der Waals surface area contributed by atoms with Crippen LogP contribution in [0.15, 0.2) is 60.9 Å². The summed E-state index contributed by atoms with van der Waals surface area (Å²) < 4.78 is 23.9. The van der Waals surface area contributed by atoms with Crippen LogP contribution in [0, 0.1) is 5.82 Å². The molecule has 1 aromatic heterocycles. The minimum atomic E-state index is -0.380. The molecule has 2 heterocycles. The largest absolute Gasteiger partial charge is 0.383 e. The van der Waals surface area contributed by atoms with Gasteiger partial charge < -0.3 is 14.8 Å². The van der Waals surface area contributed by atoms with E-state index >= 15 is 0 Å². The lowest BCUT2D eigenvalue weighted by Gasteiger charge is -2.25. The van der Waals surface area contributed by atoms with E-state index in [1.165, 1.54) is 18.5 Å². The van der Waals surface area contributed by atoms with Gasteiger partial charge in [0.25, 0.3) is 0 Å². The highest BCUT2D eigenvalue weighted by Crippen LogP contribution is 2.18. The third-order valence-electron chi connectivity index (χ3n) is 5.34. The van der Waals surface area contributed by atoms with Crippen molar-refractivity contribution >= 4 is 19.2 Å². The molecule has 0 spiro atoms. The Morgan fingerprint density at radius 2 is 1.86 bits per heavy atom. The number of halogens is 1. The van der Waals surface area contributed by atoms with Gasteiger partial charge in [0.1, 0.15) is 13.7 Å². The molecule has 3 aromatic rings. The highest BCUT2D eigenvalue weighted by atomic mass is 19.1. The number of methoxy groups -OCH3 is 1. The van der Waals surface area contributed by atoms with E-state index in [9.17, 15) is 9.18 Å². The van der Waals surface area contributed by atoms with Crippen molar-refractivity contribution < 1.29 is 18.7 Å². The van der Waals surface area contributed by atoms with E-state index in [1.807, 2.05) is 18.2 Å². The van der Waals surface area contributed by atoms with E-state index in [-0.39, 0.29) is 18.1 Å². The number of nitrogens with one attached hydrogen (secondary N) is 1. The SMILES string of the molecule is COCCN1CCOCC1.[B]c1cccc(CNC(=O)Cc2cnc(-c3ccccc3F)nc2)c1. The molecule has 35 heavy (non-hydrogen) atoms. The predicted molar refractivity (Wildman–Crippen MR) is 134 cm³/mol. The third kappa shape index (κ3) is 9.20. The molecule has 182 valence electrons. The normalized spacial score (nSPS) is 13.5. The van der Waals surface area contributed by atoms with E-state index in [0.717, 1.165) is 45.0 Å². The minimum Gasteiger partial charge on any atom is -0.383 e. The zero-order valence-corrected chi connectivity index (χ0v) is 20.0. The number of ether oxygens (including phenoxy) is 2. The average molecular weight is 476 g/mol. The van der Waals surface area contributed by atoms with Crippen molar-refractivity contribution in [2.45, 2.75) is 13.0 Å². The average Bonchev–Trinajstić information content (AvgIpc) is 2.88. The summed E-state index contributed by atoms with van der Waals surface area (Å²) in [5.41, 5.74) is 2.58. The molecule has 0 atom stereocenters. The van der Waals surface area contributed by atoms with Crippen LogP contribution in [0.4, 0.5) is 4.39 Å². The van der Waals surface area contributed by atoms with Crippen LogP contribution in [0.5, 0.6) is 0 Å². The van der Waals surface area contributed by atoms with Crippen LogP contribution >= 0.6 is 0 Å². The van der Waals surface area contributed by atoms with Crippen LogP contribution in [-0.4, -0.2) is 75.2 Å². The third-order valence-corrected chi connectivity index (χ3v) is 5.34. The fraction of sp³-hybridized carbons (Fsp3) is 0.346. The first-order chi connectivity index (χ1) is 17.0. The summed E-state index contributed by atoms with van der Waals surface area (Å²) in [6.45, 7) is 6.15. The molecule has 2 radical (unpaired) electrons. The molecule has 1 aliphatic rings. The van der Waals surface area contributed by atoms with Gasteiger partial charge in [0.05, 0.1) is 31.8 Å². The zero-order chi connectivity index (χ0) is 24.9. The monoisotopic (exact) mass is 476 g/mol. The summed E-state index contributed by atoms with van der Waals surface area (Å²) >= 11 is 0. The fourth-order valence-corrected chi connectivity index (χ4v) is 3.42. The van der Waals surface area contributed by atoms with Crippen LogP contribution in [-0.2, 0) is 27.2 Å². The fourth-order valence-electron chi connectivity index (χ4n) is 3.42. The smallest absolute Gasteiger partial charge is 0.224 e. The quantitative estimate of drug-likeness (QED) is 0.501. The van der Waals surface area contributed by atoms with E-state index in [4.69, 9.17) is 17.3 Å². The summed E-state index contributed by atoms with van der Waals surface area (Å²) in [6.07, 6.45) is 3.23. The maximum atomic E-state index is 13.7. The van der Waals surface area contributed by atoms with Crippen molar-refractivity contribution in [1.29, 1.82) is 0 Å². The molecule has 2 aromatic carbocycles. The molecule has 1 amide bonds. The predicted octanol–water partition coefficient (Wildman–Crippen LogP) is 1.90. The Kier molecular flexibility index (Phi) is 10.8. The van der Waals surface area contributed by atoms with Gasteiger partial charge in [-0.25, -0.2) is 14.4 Å². The number of aromatic nitrogens is 2. The second-order valence-electron chi connectivity index (χ2n) is 8.04. The Bertz CT molecular complexity index is 1060. The molecule has 1 saturated heterocycles. The van der Waals surface area contributed by atoms with Gasteiger partial charge in [0, 0.05) is 45.7 Å². The van der Waals surface area contributed by atoms with Gasteiger partial charge in [0.2, 0.25) is 5.91 Å². The summed E-state index contributed by atoms with van der Waals surface area (Å²) in [4.78, 5) is 22.7. The second-order valence-corrected chi connectivity index (χ2v) is 8.04. The van der Waals surface area contributed by atoms with Gasteiger partial charge in [-0.05, 0) is 23.3 Å². The van der Waals surface area contributed by atoms with Gasteiger partial charge in [-0.2, -0.15) is 0 Å². The highest BCUT2D eigenvalue weighted by Gasteiger charge is 2.09. The lowest BCUT2D eigenvalue weighted by Crippen LogP contribution is -2.38. The molecular formula is C26H30BFN4O3. The van der Waals surface area contributed by atoms with Crippen molar-refractivity contribution in [2.75, 3.05) is 46.6 Å². The maximum absolute atomic E-state index is 13.7. The Morgan fingerprint density at radius 1 is 1.11 bits per heavy atom. The Labute approximate surface area is 207 Å². The van der Waals surface area contributed by atoms with Crippen LogP contribution in [0.25, 0.3) is 11.4 Å². The molecule has 7 nitrogen and oxygen atoms in total. The van der Waals surface area contributed by atoms with Crippen LogP contribution in [0.2, 0.25) is 0 Å². The first-order valence-corrected chi connectivity index (χ1v) is 11.5. The molecule has 0 saturated carbocycles. The van der Waals surface area contributed by atoms with E-state index < -0.39 is 0 Å². The minimum absolute atomic E-state index is 0.148. The Balaban J connectivity index is 0.000000287. The van der Waals surface area contributed by atoms with Crippen molar-refractivity contribution in [3.63, 3.8) is 0 Å². The van der Waals surface area contributed by atoms with Crippen molar-refractivity contribution in [2.24, 2.45) is 0 Å². The number of morpholine rings is 1. The first kappa shape index (κ1) is 26.5. The van der Waals surface area contributed by atoms with Gasteiger partial charge in [-0.1, -0.05) is 41.9 Å². The molecule has 0 unspecified atom stereocenters. The summed E-state index contributed by atoms with van der Waals surface area (Å²) in [7, 11) is 7.44. The van der Waals surface area contributed by atoms with Crippen LogP contribution in [0.3, 0.4) is 0 Å². The molecule has 1 aliphatic heterocycles. The van der Waals surface area contributed by atoms with E-state index in [0.29, 0.717) is 29.0 Å². The summed E-state index contributed by atoms with van der Waals surface area (Å²) in [5.74, 6) is -0.234. The van der Waals surface area contributed by atoms with Crippen LogP contribution in [0.1, 0.15) is 11.1 Å². The number of benzene rings is 2. The molecule has 4 rings (SSSR count). The number of hydrogen-bond acceptors (Lipinski definition) is 6. The highest BCUT2D eigenvalue weighted by molar-refractivity contribution is 6.32. The maximum Gasteiger partial charge on any atom is 0.224 e. The Hall–Kier alpha value is -3.14. The number of carbonyl (C=O) groups excluding carboxylic acids is 1. The zero-order valence-electron chi connectivity index (χ0n) is 20.0. The van der Waals surface area contributed by atoms with Gasteiger partial charge >= 0.3 is 0 Å². The molecule has 9 heteroatoms. The first-order valence-electron chi connectivity index (χ1n) is 11.5. The molecule has 0 aliphatic carbocycles. The van der Waals surface area contributed by atoms with Crippen LogP contribution < -0.4 is 10.8 Å². The number of hydrogen-bond donors (Lipinski definition) is 1. The standard InChI is InChI=1S/C19H15BFN3O.C7H15NO2/c20-15-5-3-4-13(8-15)10-22-18(25)9-14-11-23-19(24-12-14)16-6-1-2-7-17(16)21;1-9-5-2-8-3-6-10-7-4-8/h1-8,11-12H,9-10H2,(H,22,25);2-7H2,1H3. The van der Waals surface area contributed by atoms with Gasteiger partial charge in [-0.3, -0.25) is 9.69 Å². The molecule has 1 fully saturated rings. The van der Waals surface area contributed by atoms with Gasteiger partial charge in [0.15, 0.2) is 5.82 Å². The number of rotatable bonds is 8. The topological polar surface area (TPSA) is 76.6 Å². The van der Waals surface area contributed by atoms with Crippen molar-refractivity contribution in [3.05, 3.63) is 77.9 Å². The number of amides is 1. The van der Waals surface area contributed by atoms with Gasteiger partial charge in [-0.15, -0.1) is 0 Å². The number of carbonyl (C=O) groups is 1. The second kappa shape index (κ2) is 14.3. The lowest BCUT2D eigenvalue weighted by molar-refractivity contribution is -0.120. The lowest BCUT2D eigenvalue weighted by atomic mass is 9.94.